The summed E-state index contributed by atoms with van der Waals surface area (Å²) in [5, 5.41) is 20.8. The first kappa shape index (κ1) is 13.2. The lowest BCUT2D eigenvalue weighted by Gasteiger charge is -2.23. The molecule has 1 aromatic rings. The molecule has 1 fully saturated rings. The van der Waals surface area contributed by atoms with Crippen molar-refractivity contribution in [3.8, 4) is 0 Å². The maximum Gasteiger partial charge on any atom is 0.296 e. The van der Waals surface area contributed by atoms with Crippen LogP contribution in [-0.4, -0.2) is 16.8 Å². The predicted molar refractivity (Wildman–Crippen MR) is 73.6 cm³/mol. The summed E-state index contributed by atoms with van der Waals surface area (Å²) in [5.41, 5.74) is 0.423. The Kier molecular flexibility index (Phi) is 3.48. The zero-order chi connectivity index (χ0) is 14.1. The van der Waals surface area contributed by atoms with Crippen LogP contribution in [-0.2, 0) is 4.79 Å². The number of hydrogen-bond acceptors (Lipinski definition) is 5. The van der Waals surface area contributed by atoms with Crippen molar-refractivity contribution in [3.63, 3.8) is 0 Å². The van der Waals surface area contributed by atoms with Crippen molar-refractivity contribution in [1.29, 1.82) is 0 Å². The number of azo groups is 1. The fraction of sp³-hybridized carbons (Fsp3) is 0.429. The SMILES string of the molecule is O=C(N=NC1=C(O)C2CCCCC2C1=O)c1ccsc1. The Morgan fingerprint density at radius 1 is 1.30 bits per heavy atom. The van der Waals surface area contributed by atoms with Crippen LogP contribution < -0.4 is 0 Å². The smallest absolute Gasteiger partial charge is 0.296 e. The van der Waals surface area contributed by atoms with Crippen LogP contribution in [0.15, 0.2) is 38.5 Å². The zero-order valence-corrected chi connectivity index (χ0v) is 11.6. The maximum absolute atomic E-state index is 12.2. The fourth-order valence-electron chi connectivity index (χ4n) is 2.89. The lowest BCUT2D eigenvalue weighted by molar-refractivity contribution is -0.120. The number of hydrogen-bond donors (Lipinski definition) is 1. The minimum atomic E-state index is -0.491. The van der Waals surface area contributed by atoms with Crippen LogP contribution in [0.25, 0.3) is 0 Å². The van der Waals surface area contributed by atoms with E-state index in [1.807, 2.05) is 0 Å². The lowest BCUT2D eigenvalue weighted by atomic mass is 9.80. The van der Waals surface area contributed by atoms with E-state index >= 15 is 0 Å². The fourth-order valence-corrected chi connectivity index (χ4v) is 3.52. The minimum Gasteiger partial charge on any atom is -0.510 e. The summed E-state index contributed by atoms with van der Waals surface area (Å²) in [6.07, 6.45) is 3.60. The van der Waals surface area contributed by atoms with Gasteiger partial charge in [-0.15, -0.1) is 10.2 Å². The molecular weight excluding hydrogens is 276 g/mol. The number of thiophene rings is 1. The molecule has 1 aromatic heterocycles. The van der Waals surface area contributed by atoms with Crippen molar-refractivity contribution in [1.82, 2.24) is 0 Å². The van der Waals surface area contributed by atoms with E-state index in [2.05, 4.69) is 10.2 Å². The van der Waals surface area contributed by atoms with Crippen LogP contribution in [0.1, 0.15) is 36.0 Å². The number of rotatable bonds is 2. The van der Waals surface area contributed by atoms with Gasteiger partial charge in [0, 0.05) is 17.2 Å². The van der Waals surface area contributed by atoms with Gasteiger partial charge in [-0.05, 0) is 24.3 Å². The molecule has 0 radical (unpaired) electrons. The number of amides is 1. The summed E-state index contributed by atoms with van der Waals surface area (Å²) >= 11 is 1.39. The van der Waals surface area contributed by atoms with E-state index in [1.54, 1.807) is 16.8 Å². The molecule has 2 unspecified atom stereocenters. The number of allylic oxidation sites excluding steroid dienone is 2. The van der Waals surface area contributed by atoms with E-state index in [1.165, 1.54) is 11.3 Å². The van der Waals surface area contributed by atoms with E-state index in [4.69, 9.17) is 0 Å². The molecule has 2 aliphatic carbocycles. The number of nitrogens with zero attached hydrogens (tertiary/aromatic N) is 2. The number of aliphatic hydroxyl groups excluding tert-OH is 1. The van der Waals surface area contributed by atoms with Crippen molar-refractivity contribution in [3.05, 3.63) is 33.8 Å². The van der Waals surface area contributed by atoms with E-state index in [0.717, 1.165) is 25.7 Å². The summed E-state index contributed by atoms with van der Waals surface area (Å²) in [7, 11) is 0. The molecule has 2 aliphatic rings. The molecule has 1 heterocycles. The van der Waals surface area contributed by atoms with Gasteiger partial charge >= 0.3 is 0 Å². The van der Waals surface area contributed by atoms with E-state index in [0.29, 0.717) is 5.56 Å². The Morgan fingerprint density at radius 3 is 2.70 bits per heavy atom. The number of carbonyl (C=O) groups excluding carboxylic acids is 2. The zero-order valence-electron chi connectivity index (χ0n) is 10.8. The van der Waals surface area contributed by atoms with Gasteiger partial charge in [0.15, 0.2) is 11.5 Å². The lowest BCUT2D eigenvalue weighted by Crippen LogP contribution is -2.21. The van der Waals surface area contributed by atoms with Crippen LogP contribution in [0.5, 0.6) is 0 Å². The molecule has 0 aliphatic heterocycles. The predicted octanol–water partition coefficient (Wildman–Crippen LogP) is 3.50. The van der Waals surface area contributed by atoms with E-state index in [9.17, 15) is 14.7 Å². The summed E-state index contributed by atoms with van der Waals surface area (Å²) < 4.78 is 0. The van der Waals surface area contributed by atoms with Gasteiger partial charge in [0.2, 0.25) is 0 Å². The average molecular weight is 290 g/mol. The quantitative estimate of drug-likeness (QED) is 0.846. The molecule has 3 rings (SSSR count). The molecule has 5 nitrogen and oxygen atoms in total. The minimum absolute atomic E-state index is 0.0153. The monoisotopic (exact) mass is 290 g/mol. The normalized spacial score (nSPS) is 26.3. The van der Waals surface area contributed by atoms with Gasteiger partial charge in [0.05, 0.1) is 5.56 Å². The molecule has 6 heteroatoms. The number of fused-ring (bicyclic) bond motifs is 1. The molecule has 0 spiro atoms. The van der Waals surface area contributed by atoms with Crippen molar-refractivity contribution in [2.24, 2.45) is 22.1 Å². The molecular formula is C14H14N2O3S. The van der Waals surface area contributed by atoms with Crippen LogP contribution in [0, 0.1) is 11.8 Å². The third-order valence-corrected chi connectivity index (χ3v) is 4.62. The highest BCUT2D eigenvalue weighted by Crippen LogP contribution is 2.42. The molecule has 1 amide bonds. The highest BCUT2D eigenvalue weighted by Gasteiger charge is 2.43. The van der Waals surface area contributed by atoms with Crippen molar-refractivity contribution >= 4 is 23.0 Å². The maximum atomic E-state index is 12.2. The number of ketones is 1. The third-order valence-electron chi connectivity index (χ3n) is 3.94. The second-order valence-corrected chi connectivity index (χ2v) is 5.89. The van der Waals surface area contributed by atoms with E-state index < -0.39 is 5.91 Å². The number of carbonyl (C=O) groups is 2. The first-order valence-corrected chi connectivity index (χ1v) is 7.58. The van der Waals surface area contributed by atoms with Gasteiger partial charge in [0.25, 0.3) is 5.91 Å². The second kappa shape index (κ2) is 5.28. The van der Waals surface area contributed by atoms with Gasteiger partial charge in [0.1, 0.15) is 5.76 Å². The van der Waals surface area contributed by atoms with Crippen molar-refractivity contribution in [2.75, 3.05) is 0 Å². The molecule has 0 saturated heterocycles. The van der Waals surface area contributed by atoms with Gasteiger partial charge in [-0.25, -0.2) is 0 Å². The number of Topliss-reactive ketones (excluding diaryl/α,β-unsaturated/α-hetero) is 1. The Morgan fingerprint density at radius 2 is 2.05 bits per heavy atom. The van der Waals surface area contributed by atoms with Crippen LogP contribution in [0.3, 0.4) is 0 Å². The largest absolute Gasteiger partial charge is 0.510 e. The molecule has 1 saturated carbocycles. The molecule has 1 N–H and O–H groups in total. The summed E-state index contributed by atoms with van der Waals surface area (Å²) in [5.74, 6) is -0.944. The Balaban J connectivity index is 1.81. The standard InChI is InChI=1S/C14H14N2O3S/c17-12-9-3-1-2-4-10(9)13(18)11(12)15-16-14(19)8-5-6-20-7-8/h5-7,9-10,17H,1-4H2. The van der Waals surface area contributed by atoms with Crippen LogP contribution in [0.2, 0.25) is 0 Å². The van der Waals surface area contributed by atoms with Gasteiger partial charge < -0.3 is 5.11 Å². The average Bonchev–Trinajstić information content (AvgIpc) is 3.07. The molecule has 104 valence electrons. The number of aliphatic hydroxyl groups is 1. The third kappa shape index (κ3) is 2.20. The Labute approximate surface area is 120 Å². The molecule has 2 atom stereocenters. The highest BCUT2D eigenvalue weighted by atomic mass is 32.1. The summed E-state index contributed by atoms with van der Waals surface area (Å²) in [6, 6.07) is 1.65. The van der Waals surface area contributed by atoms with E-state index in [-0.39, 0.29) is 29.1 Å². The molecule has 0 aromatic carbocycles. The van der Waals surface area contributed by atoms with Gasteiger partial charge in [-0.1, -0.05) is 12.8 Å². The second-order valence-electron chi connectivity index (χ2n) is 5.11. The van der Waals surface area contributed by atoms with Crippen molar-refractivity contribution in [2.45, 2.75) is 25.7 Å². The summed E-state index contributed by atoms with van der Waals surface area (Å²) in [4.78, 5) is 23.9. The van der Waals surface area contributed by atoms with Crippen molar-refractivity contribution < 1.29 is 14.7 Å². The Hall–Kier alpha value is -1.82. The first-order valence-electron chi connectivity index (χ1n) is 6.64. The van der Waals surface area contributed by atoms with Gasteiger partial charge in [-0.3, -0.25) is 9.59 Å². The molecule has 0 bridgehead atoms. The first-order chi connectivity index (χ1) is 9.68. The summed E-state index contributed by atoms with van der Waals surface area (Å²) in [6.45, 7) is 0. The van der Waals surface area contributed by atoms with Gasteiger partial charge in [-0.2, -0.15) is 11.3 Å². The Bertz CT molecular complexity index is 604. The van der Waals surface area contributed by atoms with Crippen LogP contribution >= 0.6 is 11.3 Å². The van der Waals surface area contributed by atoms with Crippen LogP contribution in [0.4, 0.5) is 0 Å². The molecule has 20 heavy (non-hydrogen) atoms. The highest BCUT2D eigenvalue weighted by molar-refractivity contribution is 7.08. The topological polar surface area (TPSA) is 79.1 Å².